The molecular formula is C11H14N5O4+. The second-order valence-corrected chi connectivity index (χ2v) is 4.34. The van der Waals surface area contributed by atoms with Crippen LogP contribution in [-0.2, 0) is 4.74 Å². The van der Waals surface area contributed by atoms with Gasteiger partial charge in [-0.05, 0) is 11.6 Å². The summed E-state index contributed by atoms with van der Waals surface area (Å²) in [5.74, 6) is -0.614. The highest BCUT2D eigenvalue weighted by Crippen LogP contribution is 2.28. The zero-order valence-electron chi connectivity index (χ0n) is 10.4. The fraction of sp³-hybridized carbons (Fsp3) is 0.455. The third-order valence-corrected chi connectivity index (χ3v) is 3.10. The lowest BCUT2D eigenvalue weighted by atomic mass is 10.1. The maximum Gasteiger partial charge on any atom is 0.274 e. The van der Waals surface area contributed by atoms with E-state index in [1.54, 1.807) is 12.3 Å². The number of amides is 1. The van der Waals surface area contributed by atoms with Gasteiger partial charge >= 0.3 is 0 Å². The van der Waals surface area contributed by atoms with Crippen LogP contribution in [0.15, 0.2) is 29.6 Å². The van der Waals surface area contributed by atoms with Crippen molar-refractivity contribution in [3.8, 4) is 0 Å². The molecule has 9 heteroatoms. The predicted octanol–water partition coefficient (Wildman–Crippen LogP) is -0.998. The Labute approximate surface area is 113 Å². The molecule has 1 fully saturated rings. The highest BCUT2D eigenvalue weighted by Gasteiger charge is 2.48. The van der Waals surface area contributed by atoms with Gasteiger partial charge in [0.25, 0.3) is 12.1 Å². The number of nitrogens with two attached hydrogens (primary N) is 1. The number of carbonyl (C=O) groups excluding carboxylic acids is 1. The molecule has 2 heterocycles. The molecule has 106 valence electrons. The maximum atomic E-state index is 11.2. The minimum absolute atomic E-state index is 0.248. The van der Waals surface area contributed by atoms with Gasteiger partial charge in [0.15, 0.2) is 18.4 Å². The molecule has 0 radical (unpaired) electrons. The molecule has 1 aromatic rings. The molecule has 0 spiro atoms. The van der Waals surface area contributed by atoms with Crippen LogP contribution in [0.2, 0.25) is 0 Å². The molecule has 1 amide bonds. The summed E-state index contributed by atoms with van der Waals surface area (Å²) in [5.41, 5.74) is 14.0. The van der Waals surface area contributed by atoms with Gasteiger partial charge in [-0.2, -0.15) is 4.57 Å². The molecule has 4 N–H and O–H groups in total. The Morgan fingerprint density at radius 1 is 1.65 bits per heavy atom. The number of hydrogen-bond acceptors (Lipinski definition) is 5. The molecule has 0 saturated carbocycles. The zero-order chi connectivity index (χ0) is 14.7. The number of nitrogens with zero attached hydrogens (tertiary/aromatic N) is 4. The van der Waals surface area contributed by atoms with Gasteiger partial charge in [-0.25, -0.2) is 0 Å². The zero-order valence-corrected chi connectivity index (χ0v) is 10.4. The van der Waals surface area contributed by atoms with E-state index in [0.717, 1.165) is 0 Å². The summed E-state index contributed by atoms with van der Waals surface area (Å²) >= 11 is 0. The van der Waals surface area contributed by atoms with Gasteiger partial charge in [0, 0.05) is 11.0 Å². The van der Waals surface area contributed by atoms with Crippen molar-refractivity contribution in [2.45, 2.75) is 24.5 Å². The molecule has 1 unspecified atom stereocenters. The summed E-state index contributed by atoms with van der Waals surface area (Å²) in [6.07, 6.45) is 0.200. The van der Waals surface area contributed by atoms with Gasteiger partial charge in [-0.1, -0.05) is 5.11 Å². The predicted molar refractivity (Wildman–Crippen MR) is 65.1 cm³/mol. The minimum Gasteiger partial charge on any atom is -0.394 e. The van der Waals surface area contributed by atoms with Crippen molar-refractivity contribution in [2.24, 2.45) is 10.8 Å². The first-order valence-electron chi connectivity index (χ1n) is 5.87. The largest absolute Gasteiger partial charge is 0.394 e. The van der Waals surface area contributed by atoms with Crippen LogP contribution in [0, 0.1) is 0 Å². The topological polar surface area (TPSA) is 145 Å². The van der Waals surface area contributed by atoms with Crippen LogP contribution in [0.1, 0.15) is 16.6 Å². The summed E-state index contributed by atoms with van der Waals surface area (Å²) < 4.78 is 6.93. The summed E-state index contributed by atoms with van der Waals surface area (Å²) in [4.78, 5) is 13.8. The van der Waals surface area contributed by atoms with Gasteiger partial charge in [-0.15, -0.1) is 0 Å². The number of hydrogen-bond donors (Lipinski definition) is 3. The van der Waals surface area contributed by atoms with Crippen molar-refractivity contribution in [1.29, 1.82) is 0 Å². The SMILES string of the molecule is [N-]=[N+]=NC1[C@H]([n+]2cccc(C(N)=O)c2)O[C@H](CO)[C@H]1O. The maximum absolute atomic E-state index is 11.2. The fourth-order valence-electron chi connectivity index (χ4n) is 2.11. The molecule has 20 heavy (non-hydrogen) atoms. The normalized spacial score (nSPS) is 28.9. The summed E-state index contributed by atoms with van der Waals surface area (Å²) in [7, 11) is 0. The molecular weight excluding hydrogens is 266 g/mol. The lowest BCUT2D eigenvalue weighted by molar-refractivity contribution is -0.761. The quantitative estimate of drug-likeness (QED) is 0.281. The van der Waals surface area contributed by atoms with Gasteiger partial charge in [-0.3, -0.25) is 4.79 Å². The fourth-order valence-corrected chi connectivity index (χ4v) is 2.11. The Morgan fingerprint density at radius 3 is 3.00 bits per heavy atom. The molecule has 1 aliphatic rings. The molecule has 0 aromatic carbocycles. The van der Waals surface area contributed by atoms with Gasteiger partial charge in [0.05, 0.1) is 6.61 Å². The first kappa shape index (κ1) is 14.2. The van der Waals surface area contributed by atoms with Gasteiger partial charge < -0.3 is 20.7 Å². The first-order valence-corrected chi connectivity index (χ1v) is 5.87. The smallest absolute Gasteiger partial charge is 0.274 e. The molecule has 4 atom stereocenters. The van der Waals surface area contributed by atoms with Crippen LogP contribution in [0.3, 0.4) is 0 Å². The number of pyridine rings is 1. The van der Waals surface area contributed by atoms with Crippen molar-refractivity contribution < 1.29 is 24.3 Å². The van der Waals surface area contributed by atoms with E-state index in [9.17, 15) is 9.90 Å². The molecule has 9 nitrogen and oxygen atoms in total. The number of aliphatic hydroxyl groups is 2. The van der Waals surface area contributed by atoms with Crippen LogP contribution in [0.25, 0.3) is 10.4 Å². The average molecular weight is 280 g/mol. The number of rotatable bonds is 4. The van der Waals surface area contributed by atoms with Crippen LogP contribution < -0.4 is 10.3 Å². The third-order valence-electron chi connectivity index (χ3n) is 3.10. The molecule has 1 aliphatic heterocycles. The minimum atomic E-state index is -1.13. The number of azide groups is 1. The van der Waals surface area contributed by atoms with E-state index in [0.29, 0.717) is 0 Å². The third kappa shape index (κ3) is 2.56. The lowest BCUT2D eigenvalue weighted by Crippen LogP contribution is -2.45. The van der Waals surface area contributed by atoms with E-state index in [1.807, 2.05) is 0 Å². The Bertz CT molecular complexity index is 559. The van der Waals surface area contributed by atoms with Crippen LogP contribution in [0.5, 0.6) is 0 Å². The summed E-state index contributed by atoms with van der Waals surface area (Å²) in [6, 6.07) is 2.19. The molecule has 1 saturated heterocycles. The van der Waals surface area contributed by atoms with E-state index in [1.165, 1.54) is 16.8 Å². The Morgan fingerprint density at radius 2 is 2.40 bits per heavy atom. The second-order valence-electron chi connectivity index (χ2n) is 4.34. The van der Waals surface area contributed by atoms with Crippen molar-refractivity contribution in [1.82, 2.24) is 0 Å². The Balaban J connectivity index is 2.37. The Kier molecular flexibility index (Phi) is 4.16. The molecule has 2 rings (SSSR count). The monoisotopic (exact) mass is 280 g/mol. The number of primary amides is 1. The van der Waals surface area contributed by atoms with Gasteiger partial charge in [0.1, 0.15) is 17.8 Å². The van der Waals surface area contributed by atoms with Crippen molar-refractivity contribution >= 4 is 5.91 Å². The second kappa shape index (κ2) is 5.85. The number of aliphatic hydroxyl groups excluding tert-OH is 2. The number of aromatic nitrogens is 1. The number of carbonyl (C=O) groups is 1. The van der Waals surface area contributed by atoms with Gasteiger partial charge in [0.2, 0.25) is 0 Å². The van der Waals surface area contributed by atoms with E-state index in [2.05, 4.69) is 10.0 Å². The van der Waals surface area contributed by atoms with Crippen LogP contribution in [0.4, 0.5) is 0 Å². The number of ether oxygens (including phenoxy) is 1. The van der Waals surface area contributed by atoms with Crippen molar-refractivity contribution in [3.05, 3.63) is 40.5 Å². The van der Waals surface area contributed by atoms with Crippen LogP contribution >= 0.6 is 0 Å². The Hall–Kier alpha value is -2.19. The van der Waals surface area contributed by atoms with E-state index in [4.69, 9.17) is 21.1 Å². The molecule has 0 aliphatic carbocycles. The van der Waals surface area contributed by atoms with Crippen molar-refractivity contribution in [3.63, 3.8) is 0 Å². The molecule has 1 aromatic heterocycles. The first-order chi connectivity index (χ1) is 9.58. The van der Waals surface area contributed by atoms with E-state index >= 15 is 0 Å². The van der Waals surface area contributed by atoms with E-state index in [-0.39, 0.29) is 5.56 Å². The summed E-state index contributed by atoms with van der Waals surface area (Å²) in [6.45, 7) is -0.412. The summed E-state index contributed by atoms with van der Waals surface area (Å²) in [5, 5.41) is 22.6. The van der Waals surface area contributed by atoms with Crippen LogP contribution in [-0.4, -0.2) is 41.0 Å². The lowest BCUT2D eigenvalue weighted by Gasteiger charge is -2.10. The highest BCUT2D eigenvalue weighted by atomic mass is 16.5. The van der Waals surface area contributed by atoms with Crippen molar-refractivity contribution in [2.75, 3.05) is 6.61 Å². The average Bonchev–Trinajstić information content (AvgIpc) is 2.76. The highest BCUT2D eigenvalue weighted by molar-refractivity contribution is 5.92. The van der Waals surface area contributed by atoms with E-state index < -0.39 is 37.0 Å². The molecule has 0 bridgehead atoms. The standard InChI is InChI=1S/C11H13N5O4/c12-10(19)6-2-1-3-16(4-6)11-8(14-15-13)9(18)7(5-17)20-11/h1-4,7-9,11,17-18H,5H2,(H-,12,19)/p+1/t7-,8?,9-,11-/m1/s1.